The Morgan fingerprint density at radius 1 is 1.15 bits per heavy atom. The molecule has 0 bridgehead atoms. The molecule has 47 heavy (non-hydrogen) atoms. The van der Waals surface area contributed by atoms with E-state index >= 15 is 0 Å². The van der Waals surface area contributed by atoms with Crippen LogP contribution in [0.1, 0.15) is 72.7 Å². The maximum atomic E-state index is 13.7. The molecule has 0 spiro atoms. The molecule has 12 heteroatoms. The number of nitrogens with two attached hydrogens (primary N) is 1. The number of primary amides is 1. The number of carbonyl (C=O) groups excluding carboxylic acids is 2. The zero-order chi connectivity index (χ0) is 33.0. The number of hydrogen-bond donors (Lipinski definition) is 1. The Balaban J connectivity index is 1.38. The van der Waals surface area contributed by atoms with Gasteiger partial charge in [-0.2, -0.15) is 10.4 Å². The zero-order valence-corrected chi connectivity index (χ0v) is 26.1. The van der Waals surface area contributed by atoms with Gasteiger partial charge < -0.3 is 10.5 Å². The molecular weight excluding hydrogens is 599 g/mol. The summed E-state index contributed by atoms with van der Waals surface area (Å²) >= 11 is 0. The molecule has 236 valence electrons. The number of carbonyl (C=O) groups is 2. The molecule has 5 heterocycles. The summed E-state index contributed by atoms with van der Waals surface area (Å²) in [5, 5.41) is 14.4. The van der Waals surface area contributed by atoms with Crippen LogP contribution in [-0.4, -0.2) is 42.1 Å². The molecule has 1 saturated carbocycles. The molecule has 11 nitrogen and oxygen atoms in total. The first-order valence-electron chi connectivity index (χ1n) is 15.4. The summed E-state index contributed by atoms with van der Waals surface area (Å²) in [5.41, 5.74) is 9.74. The van der Waals surface area contributed by atoms with E-state index in [1.165, 1.54) is 18.5 Å². The summed E-state index contributed by atoms with van der Waals surface area (Å²) < 4.78 is 21.7. The van der Waals surface area contributed by atoms with Crippen molar-refractivity contribution in [3.8, 4) is 22.9 Å². The summed E-state index contributed by atoms with van der Waals surface area (Å²) in [4.78, 5) is 42.0. The van der Waals surface area contributed by atoms with Crippen molar-refractivity contribution in [2.45, 2.75) is 58.2 Å². The van der Waals surface area contributed by atoms with E-state index in [1.807, 2.05) is 19.1 Å². The number of benzene rings is 1. The van der Waals surface area contributed by atoms with Gasteiger partial charge >= 0.3 is 0 Å². The van der Waals surface area contributed by atoms with Crippen molar-refractivity contribution in [2.24, 2.45) is 11.7 Å². The predicted octanol–water partition coefficient (Wildman–Crippen LogP) is 5.26. The van der Waals surface area contributed by atoms with Gasteiger partial charge in [0.25, 0.3) is 11.8 Å². The maximum Gasteiger partial charge on any atom is 0.271 e. The van der Waals surface area contributed by atoms with Crippen LogP contribution >= 0.6 is 0 Å². The van der Waals surface area contributed by atoms with Crippen molar-refractivity contribution in [1.29, 1.82) is 5.26 Å². The third kappa shape index (κ3) is 5.43. The standard InChI is InChI=1S/C35H31FN8O3/c1-19(26-10-8-23(36)16-40-26)44-33-25(17-41-44)30(31(32(38)45)27(42-33)12-20-4-5-20)22-7-11-28-29(13-22)47-35(2,3)34(46)43(28)18-24-9-6-21(14-37)15-39-24/h6-11,13,15-17,19-20H,4-5,12,18H2,1-3H3,(H2,38,45)/t19-/m0/s1. The number of amides is 2. The van der Waals surface area contributed by atoms with Crippen molar-refractivity contribution in [1.82, 2.24) is 24.7 Å². The van der Waals surface area contributed by atoms with E-state index in [0.29, 0.717) is 74.1 Å². The van der Waals surface area contributed by atoms with Gasteiger partial charge in [0.05, 0.1) is 58.9 Å². The molecule has 0 unspecified atom stereocenters. The molecule has 0 radical (unpaired) electrons. The van der Waals surface area contributed by atoms with E-state index in [0.717, 1.165) is 12.8 Å². The van der Waals surface area contributed by atoms with E-state index in [1.54, 1.807) is 53.9 Å². The van der Waals surface area contributed by atoms with Gasteiger partial charge in [0, 0.05) is 17.1 Å². The minimum absolute atomic E-state index is 0.170. The molecule has 2 N–H and O–H groups in total. The second kappa shape index (κ2) is 11.3. The Kier molecular flexibility index (Phi) is 7.19. The van der Waals surface area contributed by atoms with Crippen LogP contribution in [0.5, 0.6) is 5.75 Å². The van der Waals surface area contributed by atoms with Crippen molar-refractivity contribution in [2.75, 3.05) is 4.90 Å². The van der Waals surface area contributed by atoms with E-state index in [-0.39, 0.29) is 18.5 Å². The topological polar surface area (TPSA) is 153 Å². The quantitative estimate of drug-likeness (QED) is 0.244. The second-order valence-corrected chi connectivity index (χ2v) is 12.6. The van der Waals surface area contributed by atoms with Gasteiger partial charge in [0.1, 0.15) is 17.6 Å². The zero-order valence-electron chi connectivity index (χ0n) is 26.1. The lowest BCUT2D eigenvalue weighted by Gasteiger charge is -2.39. The van der Waals surface area contributed by atoms with Crippen LogP contribution in [0.4, 0.5) is 10.1 Å². The maximum absolute atomic E-state index is 13.7. The predicted molar refractivity (Wildman–Crippen MR) is 171 cm³/mol. The van der Waals surface area contributed by atoms with Gasteiger partial charge in [-0.15, -0.1) is 0 Å². The van der Waals surface area contributed by atoms with Crippen LogP contribution in [0.25, 0.3) is 22.2 Å². The van der Waals surface area contributed by atoms with Gasteiger partial charge in [0.15, 0.2) is 11.2 Å². The largest absolute Gasteiger partial charge is 0.476 e. The molecule has 4 aromatic heterocycles. The fourth-order valence-electron chi connectivity index (χ4n) is 6.09. The molecule has 1 aliphatic heterocycles. The minimum Gasteiger partial charge on any atom is -0.476 e. The number of nitriles is 1. The van der Waals surface area contributed by atoms with E-state index < -0.39 is 17.3 Å². The van der Waals surface area contributed by atoms with E-state index in [4.69, 9.17) is 20.7 Å². The van der Waals surface area contributed by atoms with Crippen LogP contribution in [0.3, 0.4) is 0 Å². The number of ether oxygens (including phenoxy) is 1. The first-order valence-corrected chi connectivity index (χ1v) is 15.4. The molecule has 1 atom stereocenters. The third-order valence-corrected chi connectivity index (χ3v) is 8.73. The van der Waals surface area contributed by atoms with E-state index in [9.17, 15) is 14.0 Å². The highest BCUT2D eigenvalue weighted by molar-refractivity contribution is 6.09. The summed E-state index contributed by atoms with van der Waals surface area (Å²) in [7, 11) is 0. The van der Waals surface area contributed by atoms with Crippen LogP contribution in [0.2, 0.25) is 0 Å². The number of pyridine rings is 3. The van der Waals surface area contributed by atoms with E-state index in [2.05, 4.69) is 21.1 Å². The smallest absolute Gasteiger partial charge is 0.271 e. The van der Waals surface area contributed by atoms with Crippen molar-refractivity contribution in [3.63, 3.8) is 0 Å². The third-order valence-electron chi connectivity index (χ3n) is 8.73. The second-order valence-electron chi connectivity index (χ2n) is 12.6. The highest BCUT2D eigenvalue weighted by Crippen LogP contribution is 2.44. The minimum atomic E-state index is -1.20. The Labute approximate surface area is 269 Å². The number of aromatic nitrogens is 5. The van der Waals surface area contributed by atoms with Gasteiger partial charge in [-0.05, 0) is 87.9 Å². The number of anilines is 1. The average molecular weight is 631 g/mol. The number of nitrogens with zero attached hydrogens (tertiary/aromatic N) is 7. The average Bonchev–Trinajstić information content (AvgIpc) is 3.77. The molecule has 2 aliphatic rings. The Morgan fingerprint density at radius 2 is 1.96 bits per heavy atom. The lowest BCUT2D eigenvalue weighted by molar-refractivity contribution is -0.132. The molecule has 2 amide bonds. The Bertz CT molecular complexity index is 2100. The first kappa shape index (κ1) is 30.0. The molecule has 1 aliphatic carbocycles. The molecule has 5 aromatic rings. The van der Waals surface area contributed by atoms with Crippen LogP contribution in [-0.2, 0) is 17.8 Å². The molecule has 1 fully saturated rings. The summed E-state index contributed by atoms with van der Waals surface area (Å²) in [6, 6.07) is 13.4. The normalized spacial score (nSPS) is 16.0. The highest BCUT2D eigenvalue weighted by atomic mass is 19.1. The van der Waals surface area contributed by atoms with Crippen LogP contribution in [0, 0.1) is 23.1 Å². The van der Waals surface area contributed by atoms with Crippen molar-refractivity contribution in [3.05, 3.63) is 95.1 Å². The lowest BCUT2D eigenvalue weighted by Crippen LogP contribution is -2.52. The van der Waals surface area contributed by atoms with Crippen LogP contribution in [0.15, 0.2) is 61.1 Å². The van der Waals surface area contributed by atoms with Crippen molar-refractivity contribution < 1.29 is 18.7 Å². The molecule has 0 saturated heterocycles. The number of hydrogen-bond acceptors (Lipinski definition) is 8. The molecular formula is C35H31FN8O3. The van der Waals surface area contributed by atoms with Gasteiger partial charge in [-0.1, -0.05) is 6.07 Å². The van der Waals surface area contributed by atoms with Gasteiger partial charge in [0.2, 0.25) is 0 Å². The van der Waals surface area contributed by atoms with Gasteiger partial charge in [-0.3, -0.25) is 24.5 Å². The number of fused-ring (bicyclic) bond motifs is 2. The number of rotatable bonds is 8. The highest BCUT2D eigenvalue weighted by Gasteiger charge is 2.41. The fraction of sp³-hybridized carbons (Fsp3) is 0.286. The lowest BCUT2D eigenvalue weighted by atomic mass is 9.92. The summed E-state index contributed by atoms with van der Waals surface area (Å²) in [6.45, 7) is 5.47. The Hall–Kier alpha value is -5.70. The summed E-state index contributed by atoms with van der Waals surface area (Å²) in [5.74, 6) is -0.434. The van der Waals surface area contributed by atoms with Crippen molar-refractivity contribution >= 4 is 28.5 Å². The Morgan fingerprint density at radius 3 is 2.62 bits per heavy atom. The number of halogens is 1. The monoisotopic (exact) mass is 630 g/mol. The summed E-state index contributed by atoms with van der Waals surface area (Å²) in [6.07, 6.45) is 6.97. The van der Waals surface area contributed by atoms with Crippen LogP contribution < -0.4 is 15.4 Å². The molecule has 1 aromatic carbocycles. The first-order chi connectivity index (χ1) is 22.5. The van der Waals surface area contributed by atoms with Gasteiger partial charge in [-0.25, -0.2) is 14.1 Å². The SMILES string of the molecule is C[C@@H](c1ccc(F)cn1)n1ncc2c(-c3ccc4c(c3)OC(C)(C)C(=O)N4Cc3ccc(C#N)cn3)c(C(N)=O)c(CC3CC3)nc21. The fourth-order valence-corrected chi connectivity index (χ4v) is 6.09. The molecule has 7 rings (SSSR count).